The number of nitrogens with one attached hydrogen (secondary N) is 1. The lowest BCUT2D eigenvalue weighted by atomic mass is 9.92. The van der Waals surface area contributed by atoms with E-state index in [1.54, 1.807) is 0 Å². The third-order valence-electron chi connectivity index (χ3n) is 4.18. The summed E-state index contributed by atoms with van der Waals surface area (Å²) >= 11 is 0. The van der Waals surface area contributed by atoms with Crippen LogP contribution in [0.3, 0.4) is 0 Å². The lowest BCUT2D eigenvalue weighted by Crippen LogP contribution is -3.13. The highest BCUT2D eigenvalue weighted by Gasteiger charge is 2.36. The summed E-state index contributed by atoms with van der Waals surface area (Å²) in [5.41, 5.74) is -5.65. The molecule has 1 rings (SSSR count). The van der Waals surface area contributed by atoms with Crippen molar-refractivity contribution in [2.24, 2.45) is 5.92 Å². The molecule has 0 aromatic carbocycles. The molecular formula is C15H30F3NO3S. The number of halogens is 3. The summed E-state index contributed by atoms with van der Waals surface area (Å²) in [7, 11) is -6.09. The second-order valence-corrected chi connectivity index (χ2v) is 7.56. The predicted molar refractivity (Wildman–Crippen MR) is 83.1 cm³/mol. The highest BCUT2D eigenvalue weighted by molar-refractivity contribution is 7.86. The van der Waals surface area contributed by atoms with E-state index < -0.39 is 15.6 Å². The zero-order chi connectivity index (χ0) is 17.9. The third kappa shape index (κ3) is 10.9. The fraction of sp³-hybridized carbons (Fsp3) is 1.00. The Hall–Kier alpha value is -0.340. The Kier molecular flexibility index (Phi) is 11.1. The molecule has 23 heavy (non-hydrogen) atoms. The molecule has 1 aliphatic heterocycles. The van der Waals surface area contributed by atoms with Gasteiger partial charge in [-0.05, 0) is 31.6 Å². The molecule has 8 heteroatoms. The molecule has 0 spiro atoms. The van der Waals surface area contributed by atoms with Crippen molar-refractivity contribution in [3.8, 4) is 0 Å². The number of quaternary nitrogens is 1. The van der Waals surface area contributed by atoms with Crippen LogP contribution >= 0.6 is 0 Å². The number of unbranched alkanes of at least 4 members (excludes halogenated alkanes) is 3. The van der Waals surface area contributed by atoms with Crippen molar-refractivity contribution in [3.63, 3.8) is 0 Å². The van der Waals surface area contributed by atoms with E-state index in [2.05, 4.69) is 13.8 Å². The molecule has 1 fully saturated rings. The van der Waals surface area contributed by atoms with Crippen molar-refractivity contribution < 1.29 is 31.0 Å². The molecular weight excluding hydrogens is 331 g/mol. The van der Waals surface area contributed by atoms with Crippen molar-refractivity contribution in [2.75, 3.05) is 19.6 Å². The predicted octanol–water partition coefficient (Wildman–Crippen LogP) is 2.71. The standard InChI is InChI=1S/C14H29N.CHF3O3S/c1-3-5-6-7-11-15-12-9-14(8-4-2)10-13-15;2-1(3,4)8(5,6)7/h14H,3-13H2,1-2H3;(H,5,6,7). The minimum Gasteiger partial charge on any atom is -0.741 e. The van der Waals surface area contributed by atoms with Gasteiger partial charge in [0.2, 0.25) is 0 Å². The van der Waals surface area contributed by atoms with Gasteiger partial charge in [0.15, 0.2) is 10.1 Å². The molecule has 0 bridgehead atoms. The van der Waals surface area contributed by atoms with Gasteiger partial charge in [-0.25, -0.2) is 8.42 Å². The Morgan fingerprint density at radius 3 is 1.96 bits per heavy atom. The monoisotopic (exact) mass is 361 g/mol. The maximum atomic E-state index is 10.7. The Morgan fingerprint density at radius 2 is 1.57 bits per heavy atom. The zero-order valence-electron chi connectivity index (χ0n) is 14.1. The van der Waals surface area contributed by atoms with E-state index in [1.165, 1.54) is 71.0 Å². The van der Waals surface area contributed by atoms with Crippen LogP contribution in [0.1, 0.15) is 65.2 Å². The number of rotatable bonds is 7. The molecule has 1 N–H and O–H groups in total. The van der Waals surface area contributed by atoms with E-state index in [4.69, 9.17) is 13.0 Å². The van der Waals surface area contributed by atoms with Crippen LogP contribution in [0.5, 0.6) is 0 Å². The first-order valence-electron chi connectivity index (χ1n) is 8.47. The smallest absolute Gasteiger partial charge is 0.485 e. The normalized spacial score (nSPS) is 22.3. The van der Waals surface area contributed by atoms with E-state index in [1.807, 2.05) is 4.90 Å². The first kappa shape index (κ1) is 22.7. The maximum absolute atomic E-state index is 10.7. The molecule has 1 saturated heterocycles. The topological polar surface area (TPSA) is 61.6 Å². The highest BCUT2D eigenvalue weighted by Crippen LogP contribution is 2.20. The van der Waals surface area contributed by atoms with Gasteiger partial charge in [-0.3, -0.25) is 0 Å². The van der Waals surface area contributed by atoms with E-state index in [0.29, 0.717) is 0 Å². The molecule has 0 saturated carbocycles. The second-order valence-electron chi connectivity index (χ2n) is 6.19. The molecule has 0 radical (unpaired) electrons. The first-order chi connectivity index (χ1) is 10.6. The molecule has 1 aliphatic rings. The van der Waals surface area contributed by atoms with Crippen molar-refractivity contribution in [1.29, 1.82) is 0 Å². The molecule has 4 nitrogen and oxygen atoms in total. The van der Waals surface area contributed by atoms with Crippen LogP contribution in [0, 0.1) is 5.92 Å². The molecule has 0 aliphatic carbocycles. The largest absolute Gasteiger partial charge is 0.741 e. The lowest BCUT2D eigenvalue weighted by molar-refractivity contribution is -0.906. The van der Waals surface area contributed by atoms with Crippen LogP contribution in [0.25, 0.3) is 0 Å². The number of hydrogen-bond donors (Lipinski definition) is 1. The average Bonchev–Trinajstić information content (AvgIpc) is 2.44. The summed E-state index contributed by atoms with van der Waals surface area (Å²) in [5, 5.41) is 0. The highest BCUT2D eigenvalue weighted by atomic mass is 32.2. The van der Waals surface area contributed by atoms with Crippen LogP contribution in [0.4, 0.5) is 13.2 Å². The van der Waals surface area contributed by atoms with Crippen LogP contribution in [0.15, 0.2) is 0 Å². The molecule has 0 atom stereocenters. The fourth-order valence-electron chi connectivity index (χ4n) is 2.83. The number of alkyl halides is 3. The minimum absolute atomic E-state index is 1.06. The third-order valence-corrected chi connectivity index (χ3v) is 4.74. The number of piperidine rings is 1. The number of hydrogen-bond acceptors (Lipinski definition) is 3. The van der Waals surface area contributed by atoms with Gasteiger partial charge in [0.25, 0.3) is 0 Å². The molecule has 0 aromatic heterocycles. The molecule has 0 aromatic rings. The molecule has 140 valence electrons. The summed E-state index contributed by atoms with van der Waals surface area (Å²) in [6, 6.07) is 0. The first-order valence-corrected chi connectivity index (χ1v) is 9.88. The summed E-state index contributed by atoms with van der Waals surface area (Å²) in [6.45, 7) is 8.97. The van der Waals surface area contributed by atoms with Crippen molar-refractivity contribution >= 4 is 10.1 Å². The van der Waals surface area contributed by atoms with Crippen LogP contribution in [-0.4, -0.2) is 38.1 Å². The number of likely N-dealkylation sites (tertiary alicyclic amines) is 1. The van der Waals surface area contributed by atoms with E-state index in [-0.39, 0.29) is 0 Å². The Bertz CT molecular complexity index is 389. The van der Waals surface area contributed by atoms with Crippen molar-refractivity contribution in [3.05, 3.63) is 0 Å². The van der Waals surface area contributed by atoms with Gasteiger partial charge in [-0.15, -0.1) is 0 Å². The van der Waals surface area contributed by atoms with Crippen LogP contribution < -0.4 is 4.90 Å². The Labute approximate surface area is 138 Å². The summed E-state index contributed by atoms with van der Waals surface area (Å²) in [5.74, 6) is 1.06. The molecule has 0 amide bonds. The van der Waals surface area contributed by atoms with Crippen LogP contribution in [-0.2, 0) is 10.1 Å². The molecule has 0 unspecified atom stereocenters. The van der Waals surface area contributed by atoms with Gasteiger partial charge in [-0.1, -0.05) is 39.5 Å². The second kappa shape index (κ2) is 11.3. The Morgan fingerprint density at radius 1 is 1.04 bits per heavy atom. The van der Waals surface area contributed by atoms with E-state index in [9.17, 15) is 13.2 Å². The van der Waals surface area contributed by atoms with Crippen molar-refractivity contribution in [2.45, 2.75) is 70.7 Å². The van der Waals surface area contributed by atoms with Crippen LogP contribution in [0.2, 0.25) is 0 Å². The summed E-state index contributed by atoms with van der Waals surface area (Å²) in [4.78, 5) is 1.89. The Balaban J connectivity index is 0.000000515. The SMILES string of the molecule is CCCCCC[NH+]1CCC(CCC)CC1.O=S(=O)([O-])C(F)(F)F. The van der Waals surface area contributed by atoms with Gasteiger partial charge in [0.1, 0.15) is 0 Å². The van der Waals surface area contributed by atoms with Gasteiger partial charge < -0.3 is 9.45 Å². The van der Waals surface area contributed by atoms with Gasteiger partial charge >= 0.3 is 5.51 Å². The van der Waals surface area contributed by atoms with E-state index in [0.717, 1.165) is 5.92 Å². The maximum Gasteiger partial charge on any atom is 0.485 e. The minimum atomic E-state index is -6.09. The lowest BCUT2D eigenvalue weighted by Gasteiger charge is -2.29. The average molecular weight is 361 g/mol. The fourth-order valence-corrected chi connectivity index (χ4v) is 2.83. The quantitative estimate of drug-likeness (QED) is 0.431. The van der Waals surface area contributed by atoms with E-state index >= 15 is 0 Å². The zero-order valence-corrected chi connectivity index (χ0v) is 14.9. The summed E-state index contributed by atoms with van der Waals surface area (Å²) < 4.78 is 58.9. The van der Waals surface area contributed by atoms with Gasteiger partial charge in [0.05, 0.1) is 19.6 Å². The van der Waals surface area contributed by atoms with Gasteiger partial charge in [-0.2, -0.15) is 13.2 Å². The van der Waals surface area contributed by atoms with Gasteiger partial charge in [0, 0.05) is 0 Å². The van der Waals surface area contributed by atoms with Crippen molar-refractivity contribution in [1.82, 2.24) is 0 Å². The summed E-state index contributed by atoms with van der Waals surface area (Å²) in [6.07, 6.45) is 11.6. The molecule has 1 heterocycles.